The van der Waals surface area contributed by atoms with E-state index in [2.05, 4.69) is 11.4 Å². The molecule has 0 heterocycles. The van der Waals surface area contributed by atoms with Crippen LogP contribution in [0.15, 0.2) is 48.5 Å². The van der Waals surface area contributed by atoms with Crippen LogP contribution in [0.3, 0.4) is 0 Å². The van der Waals surface area contributed by atoms with Crippen LogP contribution in [0.25, 0.3) is 0 Å². The molecule has 1 unspecified atom stereocenters. The minimum atomic E-state index is -0.177. The number of ether oxygens (including phenoxy) is 1. The molecule has 1 atom stereocenters. The second-order valence-corrected chi connectivity index (χ2v) is 8.16. The largest absolute Gasteiger partial charge is 0.371 e. The zero-order chi connectivity index (χ0) is 20.0. The molecule has 2 aromatic rings. The van der Waals surface area contributed by atoms with Gasteiger partial charge in [0.05, 0.1) is 18.2 Å². The van der Waals surface area contributed by atoms with E-state index in [-0.39, 0.29) is 17.7 Å². The van der Waals surface area contributed by atoms with Gasteiger partial charge in [-0.05, 0) is 56.5 Å². The molecule has 27 heavy (non-hydrogen) atoms. The number of halogens is 1. The highest BCUT2D eigenvalue weighted by Gasteiger charge is 2.17. The van der Waals surface area contributed by atoms with Crippen molar-refractivity contribution in [2.24, 2.45) is 0 Å². The molecule has 4 nitrogen and oxygen atoms in total. The summed E-state index contributed by atoms with van der Waals surface area (Å²) >= 11 is 6.05. The summed E-state index contributed by atoms with van der Waals surface area (Å²) in [6.45, 7) is 9.11. The summed E-state index contributed by atoms with van der Waals surface area (Å²) < 4.78 is 5.82. The molecule has 0 aliphatic rings. The summed E-state index contributed by atoms with van der Waals surface area (Å²) in [5.41, 5.74) is 2.96. The molecule has 0 spiro atoms. The molecule has 2 amide bonds. The fourth-order valence-corrected chi connectivity index (χ4v) is 2.80. The third kappa shape index (κ3) is 6.89. The topological polar surface area (TPSA) is 41.6 Å². The Kier molecular flexibility index (Phi) is 7.28. The van der Waals surface area contributed by atoms with Gasteiger partial charge in [-0.2, -0.15) is 0 Å². The molecule has 2 aromatic carbocycles. The number of benzene rings is 2. The van der Waals surface area contributed by atoms with Crippen LogP contribution in [-0.4, -0.2) is 23.6 Å². The Hall–Kier alpha value is -2.04. The number of hydrogen-bond acceptors (Lipinski definition) is 2. The Balaban J connectivity index is 1.92. The lowest BCUT2D eigenvalue weighted by atomic mass is 10.1. The first kappa shape index (κ1) is 21.3. The summed E-state index contributed by atoms with van der Waals surface area (Å²) in [7, 11) is 1.79. The van der Waals surface area contributed by atoms with Crippen molar-refractivity contribution in [3.63, 3.8) is 0 Å². The van der Waals surface area contributed by atoms with E-state index in [0.29, 0.717) is 18.2 Å². The van der Waals surface area contributed by atoms with Gasteiger partial charge in [0.1, 0.15) is 0 Å². The van der Waals surface area contributed by atoms with Gasteiger partial charge in [0.25, 0.3) is 0 Å². The number of hydrogen-bond donors (Lipinski definition) is 1. The molecule has 0 aliphatic carbocycles. The van der Waals surface area contributed by atoms with Crippen LogP contribution in [0.4, 0.5) is 4.79 Å². The Bertz CT molecular complexity index is 771. The van der Waals surface area contributed by atoms with Crippen molar-refractivity contribution in [3.8, 4) is 0 Å². The van der Waals surface area contributed by atoms with Crippen LogP contribution in [0.5, 0.6) is 0 Å². The standard InChI is InChI=1S/C22H29ClN2O2/c1-16(19-10-7-11-20(23)13-19)25(5)21(26)24-14-17-8-6-9-18(12-17)15-27-22(2,3)4/h6-13,16H,14-15H2,1-5H3,(H,24,26). The smallest absolute Gasteiger partial charge is 0.317 e. The summed E-state index contributed by atoms with van der Waals surface area (Å²) in [5.74, 6) is 0. The van der Waals surface area contributed by atoms with Crippen molar-refractivity contribution < 1.29 is 9.53 Å². The van der Waals surface area contributed by atoms with E-state index in [0.717, 1.165) is 16.7 Å². The highest BCUT2D eigenvalue weighted by molar-refractivity contribution is 6.30. The van der Waals surface area contributed by atoms with E-state index in [9.17, 15) is 4.79 Å². The van der Waals surface area contributed by atoms with Gasteiger partial charge in [-0.3, -0.25) is 0 Å². The monoisotopic (exact) mass is 388 g/mol. The molecule has 0 aromatic heterocycles. The van der Waals surface area contributed by atoms with Gasteiger partial charge in [0, 0.05) is 18.6 Å². The van der Waals surface area contributed by atoms with Gasteiger partial charge in [0.2, 0.25) is 0 Å². The molecular weight excluding hydrogens is 360 g/mol. The maximum absolute atomic E-state index is 12.5. The molecule has 5 heteroatoms. The fourth-order valence-electron chi connectivity index (χ4n) is 2.60. The Morgan fingerprint density at radius 3 is 2.48 bits per heavy atom. The quantitative estimate of drug-likeness (QED) is 0.704. The van der Waals surface area contributed by atoms with Crippen LogP contribution < -0.4 is 5.32 Å². The summed E-state index contributed by atoms with van der Waals surface area (Å²) in [4.78, 5) is 14.2. The minimum absolute atomic E-state index is 0.0739. The third-order valence-corrected chi connectivity index (χ3v) is 4.57. The first-order valence-corrected chi connectivity index (χ1v) is 9.51. The lowest BCUT2D eigenvalue weighted by Crippen LogP contribution is -2.38. The molecule has 0 radical (unpaired) electrons. The zero-order valence-electron chi connectivity index (χ0n) is 16.8. The maximum atomic E-state index is 12.5. The fraction of sp³-hybridized carbons (Fsp3) is 0.409. The first-order valence-electron chi connectivity index (χ1n) is 9.13. The number of nitrogens with zero attached hydrogens (tertiary/aromatic N) is 1. The highest BCUT2D eigenvalue weighted by atomic mass is 35.5. The van der Waals surface area contributed by atoms with E-state index in [1.54, 1.807) is 11.9 Å². The van der Waals surface area contributed by atoms with Crippen molar-refractivity contribution >= 4 is 17.6 Å². The van der Waals surface area contributed by atoms with Crippen LogP contribution in [0.2, 0.25) is 5.02 Å². The number of rotatable bonds is 6. The van der Waals surface area contributed by atoms with E-state index < -0.39 is 0 Å². The minimum Gasteiger partial charge on any atom is -0.371 e. The lowest BCUT2D eigenvalue weighted by Gasteiger charge is -2.26. The molecule has 1 N–H and O–H groups in total. The van der Waals surface area contributed by atoms with Crippen LogP contribution in [-0.2, 0) is 17.9 Å². The third-order valence-electron chi connectivity index (χ3n) is 4.34. The number of amides is 2. The maximum Gasteiger partial charge on any atom is 0.317 e. The van der Waals surface area contributed by atoms with Gasteiger partial charge < -0.3 is 15.0 Å². The predicted molar refractivity (Wildman–Crippen MR) is 111 cm³/mol. The zero-order valence-corrected chi connectivity index (χ0v) is 17.5. The van der Waals surface area contributed by atoms with E-state index >= 15 is 0 Å². The van der Waals surface area contributed by atoms with E-state index in [1.807, 2.05) is 70.2 Å². The van der Waals surface area contributed by atoms with Crippen LogP contribution >= 0.6 is 11.6 Å². The molecular formula is C22H29ClN2O2. The van der Waals surface area contributed by atoms with Crippen LogP contribution in [0, 0.1) is 0 Å². The van der Waals surface area contributed by atoms with Crippen molar-refractivity contribution in [2.45, 2.75) is 52.5 Å². The number of nitrogens with one attached hydrogen (secondary N) is 1. The molecule has 146 valence electrons. The average molecular weight is 389 g/mol. The molecule has 0 fully saturated rings. The van der Waals surface area contributed by atoms with Gasteiger partial charge >= 0.3 is 6.03 Å². The predicted octanol–water partition coefficient (Wildman–Crippen LogP) is 5.56. The SMILES string of the molecule is CC(c1cccc(Cl)c1)N(C)C(=O)NCc1cccc(COC(C)(C)C)c1. The number of urea groups is 1. The molecule has 2 rings (SSSR count). The number of carbonyl (C=O) groups is 1. The first-order chi connectivity index (χ1) is 12.7. The Morgan fingerprint density at radius 1 is 1.15 bits per heavy atom. The van der Waals surface area contributed by atoms with Gasteiger partial charge in [-0.15, -0.1) is 0 Å². The summed E-state index contributed by atoms with van der Waals surface area (Å²) in [5, 5.41) is 3.65. The normalized spacial score (nSPS) is 12.5. The van der Waals surface area contributed by atoms with Gasteiger partial charge in [-0.1, -0.05) is 48.0 Å². The molecule has 0 saturated heterocycles. The van der Waals surface area contributed by atoms with Gasteiger partial charge in [0.15, 0.2) is 0 Å². The number of carbonyl (C=O) groups excluding carboxylic acids is 1. The Morgan fingerprint density at radius 2 is 1.81 bits per heavy atom. The van der Waals surface area contributed by atoms with Crippen LogP contribution in [0.1, 0.15) is 50.4 Å². The second kappa shape index (κ2) is 9.25. The van der Waals surface area contributed by atoms with Crippen molar-refractivity contribution in [1.82, 2.24) is 10.2 Å². The molecule has 0 saturated carbocycles. The molecule has 0 aliphatic heterocycles. The highest BCUT2D eigenvalue weighted by Crippen LogP contribution is 2.22. The van der Waals surface area contributed by atoms with E-state index in [1.165, 1.54) is 0 Å². The van der Waals surface area contributed by atoms with Crippen molar-refractivity contribution in [1.29, 1.82) is 0 Å². The summed E-state index contributed by atoms with van der Waals surface area (Å²) in [6.07, 6.45) is 0. The van der Waals surface area contributed by atoms with E-state index in [4.69, 9.17) is 16.3 Å². The Labute approximate surface area is 167 Å². The average Bonchev–Trinajstić information content (AvgIpc) is 2.63. The van der Waals surface area contributed by atoms with Crippen molar-refractivity contribution in [3.05, 3.63) is 70.2 Å². The lowest BCUT2D eigenvalue weighted by molar-refractivity contribution is -0.0149. The summed E-state index contributed by atoms with van der Waals surface area (Å²) in [6, 6.07) is 15.5. The molecule has 0 bridgehead atoms. The van der Waals surface area contributed by atoms with Crippen molar-refractivity contribution in [2.75, 3.05) is 7.05 Å². The van der Waals surface area contributed by atoms with Gasteiger partial charge in [-0.25, -0.2) is 4.79 Å². The second-order valence-electron chi connectivity index (χ2n) is 7.72.